The van der Waals surface area contributed by atoms with Crippen LogP contribution in [-0.2, 0) is 54.0 Å². The van der Waals surface area contributed by atoms with Crippen LogP contribution in [0.3, 0.4) is 0 Å². The molecule has 10 atom stereocenters. The van der Waals surface area contributed by atoms with E-state index in [1.54, 1.807) is 31.7 Å². The predicted molar refractivity (Wildman–Crippen MR) is 238 cm³/mol. The maximum absolute atomic E-state index is 14.2. The second kappa shape index (κ2) is 28.0. The van der Waals surface area contributed by atoms with E-state index in [2.05, 4.69) is 49.1 Å². The van der Waals surface area contributed by atoms with E-state index >= 15 is 0 Å². The number of aliphatic hydroxyl groups excluding tert-OH is 3. The molecule has 2 fully saturated rings. The van der Waals surface area contributed by atoms with E-state index in [9.17, 15) is 62.7 Å². The number of carbonyl (C=O) groups excluding carboxylic acids is 9. The molecule has 0 aromatic carbocycles. The van der Waals surface area contributed by atoms with Crippen LogP contribution < -0.4 is 54.0 Å². The number of thioether (sulfide) groups is 1. The van der Waals surface area contributed by atoms with Crippen LogP contribution in [-0.4, -0.2) is 176 Å². The molecule has 0 spiro atoms. The fourth-order valence-electron chi connectivity index (χ4n) is 6.35. The van der Waals surface area contributed by atoms with Gasteiger partial charge in [0.25, 0.3) is 0 Å². The minimum absolute atomic E-state index is 0.0559. The average Bonchev–Trinajstić information content (AvgIpc) is 3.64. The highest BCUT2D eigenvalue weighted by Gasteiger charge is 2.43. The lowest BCUT2D eigenvalue weighted by Crippen LogP contribution is -2.60. The van der Waals surface area contributed by atoms with Gasteiger partial charge in [0.05, 0.1) is 53.5 Å². The Bertz CT molecular complexity index is 1790. The Morgan fingerprint density at radius 3 is 2.15 bits per heavy atom. The summed E-state index contributed by atoms with van der Waals surface area (Å²) in [5.74, 6) is -9.37. The highest BCUT2D eigenvalue weighted by atomic mass is 32.2. The van der Waals surface area contributed by atoms with Gasteiger partial charge in [0.1, 0.15) is 30.2 Å². The van der Waals surface area contributed by atoms with Crippen LogP contribution in [0.5, 0.6) is 0 Å². The van der Waals surface area contributed by atoms with Crippen LogP contribution in [0, 0.1) is 11.8 Å². The molecule has 366 valence electrons. The molecule has 2 heterocycles. The summed E-state index contributed by atoms with van der Waals surface area (Å²) in [5, 5.41) is 50.8. The number of rotatable bonds is 29. The van der Waals surface area contributed by atoms with Crippen molar-refractivity contribution >= 4 is 75.7 Å². The summed E-state index contributed by atoms with van der Waals surface area (Å²) in [6, 6.07) is -7.45. The monoisotopic (exact) mass is 959 g/mol. The number of nitrogens with two attached hydrogens (primary N) is 2. The second-order valence-corrected chi connectivity index (χ2v) is 18.6. The summed E-state index contributed by atoms with van der Waals surface area (Å²) < 4.78 is 13.5. The van der Waals surface area contributed by atoms with Gasteiger partial charge >= 0.3 is 0 Å². The molecule has 15 N–H and O–H groups in total. The zero-order valence-corrected chi connectivity index (χ0v) is 38.6. The number of hydrogen-bond acceptors (Lipinski definition) is 16. The number of aliphatic hydroxyl groups is 3. The topological polar surface area (TPSA) is 383 Å². The first-order valence-electron chi connectivity index (χ1n) is 21.0. The summed E-state index contributed by atoms with van der Waals surface area (Å²) in [6.45, 7) is 9.17. The second-order valence-electron chi connectivity index (χ2n) is 15.7. The number of carbonyl (C=O) groups is 9. The average molecular weight is 960 g/mol. The van der Waals surface area contributed by atoms with Crippen molar-refractivity contribution in [3.05, 3.63) is 23.9 Å². The van der Waals surface area contributed by atoms with Crippen molar-refractivity contribution < 1.29 is 62.7 Å². The molecule has 24 nitrogen and oxygen atoms in total. The number of primary amides is 2. The van der Waals surface area contributed by atoms with Crippen molar-refractivity contribution in [3.63, 3.8) is 0 Å². The lowest BCUT2D eigenvalue weighted by atomic mass is 9.95. The van der Waals surface area contributed by atoms with E-state index in [1.807, 2.05) is 0 Å². The summed E-state index contributed by atoms with van der Waals surface area (Å²) in [6.07, 6.45) is -0.262. The Hall–Kier alpha value is -5.15. The van der Waals surface area contributed by atoms with Crippen molar-refractivity contribution in [1.29, 1.82) is 0 Å². The fraction of sp³-hybridized carbons (Fsp3) is 0.667. The first-order valence-corrected chi connectivity index (χ1v) is 23.3. The number of hydrogen-bond donors (Lipinski definition) is 13. The smallest absolute Gasteiger partial charge is 0.245 e. The van der Waals surface area contributed by atoms with Gasteiger partial charge in [0.15, 0.2) is 0 Å². The van der Waals surface area contributed by atoms with Gasteiger partial charge in [-0.3, -0.25) is 47.4 Å². The Labute approximate surface area is 383 Å². The van der Waals surface area contributed by atoms with Gasteiger partial charge in [-0.15, -0.1) is 0 Å². The molecule has 0 aromatic heterocycles. The SMILES string of the molecule is C=C(N/C=C\CSC1CNC1)S(=O)C[C@H](NC(=O)CNC(=O)[C@@H](NC(=O)CNC(C)=O)[C@@H](C)CC)C(=O)N[C@@H](CCC(N)=O)C(=O)N1C[C@H](O)C[C@H]1C(=O)N[C@H](C(N)=O)[C@@H](C)[C@@H](O)CO. The van der Waals surface area contributed by atoms with Crippen molar-refractivity contribution in [2.24, 2.45) is 23.3 Å². The molecule has 26 heteroatoms. The van der Waals surface area contributed by atoms with Gasteiger partial charge in [0.2, 0.25) is 53.2 Å². The Morgan fingerprint density at radius 2 is 1.58 bits per heavy atom. The van der Waals surface area contributed by atoms with Gasteiger partial charge < -0.3 is 74.2 Å². The van der Waals surface area contributed by atoms with E-state index < -0.39 is 163 Å². The van der Waals surface area contributed by atoms with Gasteiger partial charge in [0, 0.05) is 56.3 Å². The van der Waals surface area contributed by atoms with Crippen LogP contribution >= 0.6 is 11.8 Å². The molecule has 2 rings (SSSR count). The quantitative estimate of drug-likeness (QED) is 0.0332. The lowest BCUT2D eigenvalue weighted by Gasteiger charge is -2.31. The largest absolute Gasteiger partial charge is 0.394 e. The third-order valence-corrected chi connectivity index (χ3v) is 13.1. The lowest BCUT2D eigenvalue weighted by molar-refractivity contribution is -0.143. The third kappa shape index (κ3) is 19.1. The van der Waals surface area contributed by atoms with E-state index in [0.29, 0.717) is 17.4 Å². The molecule has 0 radical (unpaired) electrons. The highest BCUT2D eigenvalue weighted by Crippen LogP contribution is 2.22. The summed E-state index contributed by atoms with van der Waals surface area (Å²) in [4.78, 5) is 117. The number of likely N-dealkylation sites (tertiary alicyclic amines) is 1. The van der Waals surface area contributed by atoms with E-state index in [4.69, 9.17) is 11.5 Å². The number of β-amino-alcohol motifs (C(OH)–C–C–N with tert-alkyl or cyclic N) is 1. The zero-order valence-electron chi connectivity index (χ0n) is 37.0. The minimum Gasteiger partial charge on any atom is -0.394 e. The molecule has 2 aliphatic heterocycles. The number of nitrogens with one attached hydrogen (secondary N) is 8. The summed E-state index contributed by atoms with van der Waals surface area (Å²) in [7, 11) is -2.09. The molecule has 0 bridgehead atoms. The van der Waals surface area contributed by atoms with Crippen LogP contribution in [0.15, 0.2) is 23.9 Å². The number of amides is 9. The van der Waals surface area contributed by atoms with Crippen LogP contribution in [0.1, 0.15) is 53.4 Å². The number of nitrogens with zero attached hydrogens (tertiary/aromatic N) is 1. The van der Waals surface area contributed by atoms with E-state index in [-0.39, 0.29) is 11.4 Å². The molecular weight excluding hydrogens is 895 g/mol. The Morgan fingerprint density at radius 1 is 0.938 bits per heavy atom. The van der Waals surface area contributed by atoms with E-state index in [1.165, 1.54) is 20.0 Å². The fourth-order valence-corrected chi connectivity index (χ4v) is 8.24. The first-order chi connectivity index (χ1) is 30.6. The molecule has 2 aliphatic rings. The maximum Gasteiger partial charge on any atom is 0.245 e. The molecule has 0 aliphatic carbocycles. The van der Waals surface area contributed by atoms with Gasteiger partial charge in [-0.05, 0) is 18.5 Å². The maximum atomic E-state index is 14.2. The summed E-state index contributed by atoms with van der Waals surface area (Å²) in [5.41, 5.74) is 10.8. The van der Waals surface area contributed by atoms with Crippen molar-refractivity contribution in [1.82, 2.24) is 47.4 Å². The predicted octanol–water partition coefficient (Wildman–Crippen LogP) is -6.05. The molecular formula is C39H65N11O13S2. The first kappa shape index (κ1) is 56.0. The van der Waals surface area contributed by atoms with Gasteiger partial charge in [-0.25, -0.2) is 0 Å². The van der Waals surface area contributed by atoms with Crippen LogP contribution in [0.2, 0.25) is 0 Å². The van der Waals surface area contributed by atoms with Crippen molar-refractivity contribution in [2.75, 3.05) is 50.8 Å². The molecule has 0 saturated carbocycles. The Kier molecular flexibility index (Phi) is 24.1. The van der Waals surface area contributed by atoms with Crippen molar-refractivity contribution in [3.8, 4) is 0 Å². The van der Waals surface area contributed by atoms with Crippen LogP contribution in [0.4, 0.5) is 0 Å². The highest BCUT2D eigenvalue weighted by molar-refractivity contribution is 8.00. The molecule has 2 saturated heterocycles. The standard InChI is InChI=1S/C39H65N11O13S2/c1-6-20(2)33(48-32(57)15-44-22(4)52)38(61)45-16-31(56)46-27(19-65(63)23(5)43-10-7-11-64-25-13-42-14-25)36(59)47-26(8-9-30(40)55)39(62)50-17-24(53)12-28(50)37(60)49-34(35(41)58)21(3)29(54)18-51/h7,10,20-21,24-29,33-34,42-43,51,53-54H,5-6,8-9,11-19H2,1-4H3,(H2,40,55)(H2,41,58)(H,44,52)(H,45,61)(H,46,56)(H,47,59)(H,48,57)(H,49,60)/b10-7-/t20-,21-,24+,26-,27-,28-,29-,33-,34-,65?/m0/s1. The Balaban J connectivity index is 2.36. The minimum atomic E-state index is -2.09. The van der Waals surface area contributed by atoms with Gasteiger partial charge in [-0.2, -0.15) is 11.8 Å². The molecule has 9 amide bonds. The van der Waals surface area contributed by atoms with E-state index in [0.717, 1.165) is 18.0 Å². The van der Waals surface area contributed by atoms with Crippen LogP contribution in [0.25, 0.3) is 0 Å². The summed E-state index contributed by atoms with van der Waals surface area (Å²) >= 11 is 1.70. The normalized spacial score (nSPS) is 19.7. The molecule has 65 heavy (non-hydrogen) atoms. The molecule has 0 aromatic rings. The third-order valence-electron chi connectivity index (χ3n) is 10.6. The van der Waals surface area contributed by atoms with Gasteiger partial charge in [-0.1, -0.05) is 39.8 Å². The molecule has 1 unspecified atom stereocenters. The zero-order chi connectivity index (χ0) is 49.0. The van der Waals surface area contributed by atoms with Crippen molar-refractivity contribution in [2.45, 2.75) is 101 Å².